The quantitative estimate of drug-likeness (QED) is 0.777. The van der Waals surface area contributed by atoms with Gasteiger partial charge in [0.2, 0.25) is 5.91 Å². The molecule has 7 nitrogen and oxygen atoms in total. The van der Waals surface area contributed by atoms with Crippen molar-refractivity contribution in [3.63, 3.8) is 0 Å². The van der Waals surface area contributed by atoms with E-state index in [-0.39, 0.29) is 18.0 Å². The second-order valence-corrected chi connectivity index (χ2v) is 4.94. The molecule has 0 fully saturated rings. The number of ether oxygens (including phenoxy) is 1. The maximum atomic E-state index is 12.2. The number of hydrogen-bond donors (Lipinski definition) is 1. The average molecular weight is 325 g/mol. The Morgan fingerprint density at radius 1 is 1.21 bits per heavy atom. The zero-order valence-electron chi connectivity index (χ0n) is 12.9. The summed E-state index contributed by atoms with van der Waals surface area (Å²) in [5.74, 6) is 0.676. The number of methoxy groups -OCH3 is 1. The highest BCUT2D eigenvalue weighted by atomic mass is 16.5. The van der Waals surface area contributed by atoms with Crippen molar-refractivity contribution in [2.45, 2.75) is 6.54 Å². The monoisotopic (exact) mass is 325 g/mol. The van der Waals surface area contributed by atoms with Crippen molar-refractivity contribution < 1.29 is 13.9 Å². The van der Waals surface area contributed by atoms with Crippen molar-refractivity contribution in [3.8, 4) is 17.2 Å². The number of nitrogens with one attached hydrogen (secondary N) is 1. The molecule has 1 amide bonds. The van der Waals surface area contributed by atoms with Crippen molar-refractivity contribution in [2.24, 2.45) is 0 Å². The van der Waals surface area contributed by atoms with Gasteiger partial charge in [-0.1, -0.05) is 12.1 Å². The summed E-state index contributed by atoms with van der Waals surface area (Å²) in [6, 6.07) is 13.4. The van der Waals surface area contributed by atoms with Gasteiger partial charge in [-0.15, -0.1) is 0 Å². The van der Waals surface area contributed by atoms with Crippen LogP contribution in [0.5, 0.6) is 5.75 Å². The molecule has 1 aromatic carbocycles. The molecule has 0 saturated carbocycles. The summed E-state index contributed by atoms with van der Waals surface area (Å²) in [5, 5.41) is 6.86. The van der Waals surface area contributed by atoms with Gasteiger partial charge >= 0.3 is 0 Å². The second kappa shape index (κ2) is 6.82. The number of rotatable bonds is 5. The molecule has 2 heterocycles. The summed E-state index contributed by atoms with van der Waals surface area (Å²) < 4.78 is 11.5. The van der Waals surface area contributed by atoms with Crippen molar-refractivity contribution in [3.05, 3.63) is 65.1 Å². The zero-order chi connectivity index (χ0) is 16.9. The van der Waals surface area contributed by atoms with Crippen molar-refractivity contribution in [2.75, 3.05) is 12.4 Å². The second-order valence-electron chi connectivity index (χ2n) is 4.94. The number of anilines is 1. The number of benzene rings is 1. The van der Waals surface area contributed by atoms with Crippen LogP contribution in [0.3, 0.4) is 0 Å². The van der Waals surface area contributed by atoms with Crippen LogP contribution >= 0.6 is 0 Å². The van der Waals surface area contributed by atoms with Crippen LogP contribution < -0.4 is 15.6 Å². The van der Waals surface area contributed by atoms with Crippen LogP contribution in [0.2, 0.25) is 0 Å². The Balaban J connectivity index is 1.79. The first kappa shape index (κ1) is 15.5. The molecule has 0 aliphatic heterocycles. The number of carbonyl (C=O) groups is 1. The number of hydrogen-bond acceptors (Lipinski definition) is 5. The van der Waals surface area contributed by atoms with Crippen LogP contribution in [0.25, 0.3) is 11.5 Å². The van der Waals surface area contributed by atoms with Gasteiger partial charge in [0, 0.05) is 6.07 Å². The first-order valence-corrected chi connectivity index (χ1v) is 7.22. The Morgan fingerprint density at radius 2 is 2.04 bits per heavy atom. The third-order valence-electron chi connectivity index (χ3n) is 3.31. The maximum Gasteiger partial charge on any atom is 0.267 e. The zero-order valence-corrected chi connectivity index (χ0v) is 12.9. The van der Waals surface area contributed by atoms with Crippen molar-refractivity contribution in [1.29, 1.82) is 0 Å². The standard InChI is InChI=1S/C17H15N3O4/c1-23-14-6-3-2-5-12(14)18-16(21)11-20-17(22)9-8-13(19-20)15-7-4-10-24-15/h2-10H,11H2,1H3,(H,18,21). The Labute approximate surface area is 137 Å². The van der Waals surface area contributed by atoms with E-state index in [1.54, 1.807) is 42.5 Å². The molecule has 0 radical (unpaired) electrons. The van der Waals surface area contributed by atoms with Crippen LogP contribution in [0.15, 0.2) is 64.0 Å². The molecule has 0 atom stereocenters. The van der Waals surface area contributed by atoms with Gasteiger partial charge in [0.25, 0.3) is 5.56 Å². The third-order valence-corrected chi connectivity index (χ3v) is 3.31. The van der Waals surface area contributed by atoms with E-state index in [4.69, 9.17) is 9.15 Å². The molecular weight excluding hydrogens is 310 g/mol. The lowest BCUT2D eigenvalue weighted by Gasteiger charge is -2.10. The number of furan rings is 1. The lowest BCUT2D eigenvalue weighted by Crippen LogP contribution is -2.29. The fourth-order valence-corrected chi connectivity index (χ4v) is 2.19. The maximum absolute atomic E-state index is 12.2. The van der Waals surface area contributed by atoms with Crippen LogP contribution in [0.1, 0.15) is 0 Å². The molecule has 1 N–H and O–H groups in total. The largest absolute Gasteiger partial charge is 0.495 e. The summed E-state index contributed by atoms with van der Waals surface area (Å²) in [6.07, 6.45) is 1.51. The van der Waals surface area contributed by atoms with Crippen LogP contribution in [0, 0.1) is 0 Å². The fraction of sp³-hybridized carbons (Fsp3) is 0.118. The number of nitrogens with zero attached hydrogens (tertiary/aromatic N) is 2. The molecule has 0 bridgehead atoms. The number of para-hydroxylation sites is 2. The molecule has 3 aromatic rings. The fourth-order valence-electron chi connectivity index (χ4n) is 2.19. The van der Waals surface area contributed by atoms with E-state index < -0.39 is 0 Å². The lowest BCUT2D eigenvalue weighted by atomic mass is 10.3. The molecule has 0 unspecified atom stereocenters. The predicted molar refractivity (Wildman–Crippen MR) is 87.8 cm³/mol. The molecule has 24 heavy (non-hydrogen) atoms. The SMILES string of the molecule is COc1ccccc1NC(=O)Cn1nc(-c2ccco2)ccc1=O. The Morgan fingerprint density at radius 3 is 2.79 bits per heavy atom. The van der Waals surface area contributed by atoms with E-state index in [2.05, 4.69) is 10.4 Å². The molecule has 7 heteroatoms. The van der Waals surface area contributed by atoms with Crippen molar-refractivity contribution in [1.82, 2.24) is 9.78 Å². The molecule has 3 rings (SSSR count). The van der Waals surface area contributed by atoms with E-state index in [0.717, 1.165) is 4.68 Å². The minimum Gasteiger partial charge on any atom is -0.495 e. The average Bonchev–Trinajstić information content (AvgIpc) is 3.12. The highest BCUT2D eigenvalue weighted by molar-refractivity contribution is 5.92. The van der Waals surface area contributed by atoms with E-state index in [0.29, 0.717) is 22.9 Å². The predicted octanol–water partition coefficient (Wildman–Crippen LogP) is 2.15. The van der Waals surface area contributed by atoms with Gasteiger partial charge < -0.3 is 14.5 Å². The van der Waals surface area contributed by atoms with E-state index >= 15 is 0 Å². The number of amides is 1. The molecule has 0 aliphatic rings. The normalized spacial score (nSPS) is 10.4. The molecule has 0 saturated heterocycles. The van der Waals surface area contributed by atoms with Gasteiger partial charge in [0.1, 0.15) is 18.0 Å². The van der Waals surface area contributed by atoms with Gasteiger partial charge in [-0.05, 0) is 30.3 Å². The van der Waals surface area contributed by atoms with Crippen LogP contribution in [-0.4, -0.2) is 22.8 Å². The van der Waals surface area contributed by atoms with E-state index in [1.165, 1.54) is 19.4 Å². The van der Waals surface area contributed by atoms with Crippen LogP contribution in [-0.2, 0) is 11.3 Å². The third kappa shape index (κ3) is 3.35. The topological polar surface area (TPSA) is 86.4 Å². The van der Waals surface area contributed by atoms with E-state index in [1.807, 2.05) is 0 Å². The van der Waals surface area contributed by atoms with Crippen LogP contribution in [0.4, 0.5) is 5.69 Å². The summed E-state index contributed by atoms with van der Waals surface area (Å²) >= 11 is 0. The first-order valence-electron chi connectivity index (χ1n) is 7.22. The molecule has 0 aliphatic carbocycles. The van der Waals surface area contributed by atoms with Gasteiger partial charge in [-0.3, -0.25) is 9.59 Å². The molecule has 2 aromatic heterocycles. The summed E-state index contributed by atoms with van der Waals surface area (Å²) in [6.45, 7) is -0.217. The Hall–Kier alpha value is -3.35. The first-order chi connectivity index (χ1) is 11.7. The van der Waals surface area contributed by atoms with Crippen molar-refractivity contribution >= 4 is 11.6 Å². The minimum absolute atomic E-state index is 0.217. The number of carbonyl (C=O) groups excluding carboxylic acids is 1. The number of aromatic nitrogens is 2. The molecule has 0 spiro atoms. The smallest absolute Gasteiger partial charge is 0.267 e. The lowest BCUT2D eigenvalue weighted by molar-refractivity contribution is -0.117. The van der Waals surface area contributed by atoms with Gasteiger partial charge in [-0.25, -0.2) is 4.68 Å². The summed E-state index contributed by atoms with van der Waals surface area (Å²) in [7, 11) is 1.52. The summed E-state index contributed by atoms with van der Waals surface area (Å²) in [4.78, 5) is 24.1. The van der Waals surface area contributed by atoms with Gasteiger partial charge in [-0.2, -0.15) is 5.10 Å². The Kier molecular flexibility index (Phi) is 4.42. The van der Waals surface area contributed by atoms with Gasteiger partial charge in [0.15, 0.2) is 5.76 Å². The summed E-state index contributed by atoms with van der Waals surface area (Å²) in [5.41, 5.74) is 0.630. The van der Waals surface area contributed by atoms with E-state index in [9.17, 15) is 9.59 Å². The molecule has 122 valence electrons. The highest BCUT2D eigenvalue weighted by Crippen LogP contribution is 2.22. The Bertz CT molecular complexity index is 900. The van der Waals surface area contributed by atoms with Gasteiger partial charge in [0.05, 0.1) is 19.1 Å². The highest BCUT2D eigenvalue weighted by Gasteiger charge is 2.11. The minimum atomic E-state index is -0.384. The molecular formula is C17H15N3O4.